The lowest BCUT2D eigenvalue weighted by Crippen LogP contribution is -2.58. The summed E-state index contributed by atoms with van der Waals surface area (Å²) >= 11 is 4.24. The van der Waals surface area contributed by atoms with E-state index in [4.69, 9.17) is 5.73 Å². The van der Waals surface area contributed by atoms with Crippen LogP contribution in [0.5, 0.6) is 0 Å². The molecule has 2 aromatic heterocycles. The molecule has 12 heteroatoms. The molecule has 0 spiro atoms. The van der Waals surface area contributed by atoms with Crippen molar-refractivity contribution in [2.24, 2.45) is 11.7 Å². The number of fused-ring (bicyclic) bond motifs is 2. The molecule has 2 aromatic carbocycles. The molecule has 0 fully saturated rings. The number of amides is 3. The Hall–Kier alpha value is -4.29. The fourth-order valence-electron chi connectivity index (χ4n) is 5.07. The van der Waals surface area contributed by atoms with E-state index in [0.717, 1.165) is 32.9 Å². The third kappa shape index (κ3) is 7.96. The zero-order chi connectivity index (χ0) is 31.1. The third-order valence-corrected chi connectivity index (χ3v) is 7.69. The van der Waals surface area contributed by atoms with E-state index >= 15 is 0 Å². The van der Waals surface area contributed by atoms with Crippen LogP contribution in [0.2, 0.25) is 0 Å². The van der Waals surface area contributed by atoms with Gasteiger partial charge in [-0.1, -0.05) is 50.2 Å². The van der Waals surface area contributed by atoms with Gasteiger partial charge in [-0.3, -0.25) is 14.4 Å². The Kier molecular flexibility index (Phi) is 10.5. The summed E-state index contributed by atoms with van der Waals surface area (Å²) in [6, 6.07) is 10.9. The molecule has 0 aliphatic heterocycles. The maximum absolute atomic E-state index is 13.3. The molecule has 4 aromatic rings. The molecule has 0 saturated heterocycles. The van der Waals surface area contributed by atoms with Crippen LogP contribution >= 0.6 is 12.6 Å². The highest BCUT2D eigenvalue weighted by Gasteiger charge is 2.31. The predicted octanol–water partition coefficient (Wildman–Crippen LogP) is 2.28. The van der Waals surface area contributed by atoms with Crippen molar-refractivity contribution in [2.75, 3.05) is 5.75 Å². The molecule has 0 bridgehead atoms. The van der Waals surface area contributed by atoms with Gasteiger partial charge in [-0.05, 0) is 42.0 Å². The summed E-state index contributed by atoms with van der Waals surface area (Å²) in [5.74, 6) is -3.01. The second-order valence-corrected chi connectivity index (χ2v) is 11.4. The number of carboxylic acids is 1. The van der Waals surface area contributed by atoms with Gasteiger partial charge in [0.15, 0.2) is 0 Å². The molecule has 43 heavy (non-hydrogen) atoms. The average Bonchev–Trinajstić information content (AvgIpc) is 3.58. The largest absolute Gasteiger partial charge is 0.480 e. The first-order chi connectivity index (χ1) is 20.6. The number of nitrogens with two attached hydrogens (primary N) is 1. The molecule has 4 rings (SSSR count). The third-order valence-electron chi connectivity index (χ3n) is 7.32. The minimum Gasteiger partial charge on any atom is -0.480 e. The van der Waals surface area contributed by atoms with Crippen LogP contribution in [0.3, 0.4) is 0 Å². The highest BCUT2D eigenvalue weighted by molar-refractivity contribution is 7.80. The van der Waals surface area contributed by atoms with E-state index < -0.39 is 47.9 Å². The van der Waals surface area contributed by atoms with Crippen LogP contribution in [-0.4, -0.2) is 68.7 Å². The highest BCUT2D eigenvalue weighted by Crippen LogP contribution is 2.20. The minimum atomic E-state index is -1.22. The number of hydrogen-bond acceptors (Lipinski definition) is 6. The van der Waals surface area contributed by atoms with Crippen LogP contribution in [0.4, 0.5) is 0 Å². The lowest BCUT2D eigenvalue weighted by Gasteiger charge is -2.25. The molecule has 0 saturated carbocycles. The average molecular weight is 607 g/mol. The first kappa shape index (κ1) is 31.6. The molecule has 0 radical (unpaired) electrons. The zero-order valence-electron chi connectivity index (χ0n) is 24.1. The number of carboxylic acid groups (broad SMARTS) is 1. The molecule has 0 aliphatic rings. The van der Waals surface area contributed by atoms with Crippen molar-refractivity contribution in [1.29, 1.82) is 0 Å². The molecule has 228 valence electrons. The van der Waals surface area contributed by atoms with Gasteiger partial charge in [0.25, 0.3) is 0 Å². The van der Waals surface area contributed by atoms with Crippen molar-refractivity contribution < 1.29 is 24.3 Å². The summed E-state index contributed by atoms with van der Waals surface area (Å²) in [7, 11) is 0. The number of para-hydroxylation sites is 2. The van der Waals surface area contributed by atoms with E-state index in [0.29, 0.717) is 0 Å². The number of aromatic amines is 2. The molecule has 11 nitrogen and oxygen atoms in total. The van der Waals surface area contributed by atoms with Crippen molar-refractivity contribution in [3.05, 3.63) is 72.1 Å². The lowest BCUT2D eigenvalue weighted by atomic mass is 10.0. The first-order valence-electron chi connectivity index (χ1n) is 14.2. The van der Waals surface area contributed by atoms with Gasteiger partial charge in [0.05, 0.1) is 6.04 Å². The molecule has 4 unspecified atom stereocenters. The van der Waals surface area contributed by atoms with Gasteiger partial charge in [0.1, 0.15) is 18.1 Å². The number of carbonyl (C=O) groups is 4. The fraction of sp³-hybridized carbons (Fsp3) is 0.355. The van der Waals surface area contributed by atoms with Gasteiger partial charge >= 0.3 is 5.97 Å². The Morgan fingerprint density at radius 2 is 1.26 bits per heavy atom. The molecule has 4 atom stereocenters. The molecular weight excluding hydrogens is 568 g/mol. The standard InChI is InChI=1S/C31H38N6O5S/c1-17(2)11-25(29(39)36-26(31(41)42)13-19-15-34-24-10-6-4-8-21(19)24)35-30(40)27(16-43)37-28(38)22(32)12-18-14-33-23-9-5-3-7-20(18)23/h3-10,14-15,17,22,25-27,33-34,43H,11-13,16,32H2,1-2H3,(H,35,40)(H,36,39)(H,37,38)(H,41,42). The second kappa shape index (κ2) is 14.3. The monoisotopic (exact) mass is 606 g/mol. The molecular formula is C31H38N6O5S. The van der Waals surface area contributed by atoms with Crippen LogP contribution in [-0.2, 0) is 32.0 Å². The molecule has 8 N–H and O–H groups in total. The van der Waals surface area contributed by atoms with Crippen molar-refractivity contribution in [1.82, 2.24) is 25.9 Å². The van der Waals surface area contributed by atoms with Crippen LogP contribution in [0, 0.1) is 5.92 Å². The number of carbonyl (C=O) groups excluding carboxylic acids is 3. The number of aromatic nitrogens is 2. The zero-order valence-corrected chi connectivity index (χ0v) is 25.0. The summed E-state index contributed by atoms with van der Waals surface area (Å²) in [4.78, 5) is 57.8. The predicted molar refractivity (Wildman–Crippen MR) is 169 cm³/mol. The van der Waals surface area contributed by atoms with Crippen LogP contribution in [0.25, 0.3) is 21.8 Å². The number of hydrogen-bond donors (Lipinski definition) is 8. The van der Waals surface area contributed by atoms with E-state index in [9.17, 15) is 24.3 Å². The maximum Gasteiger partial charge on any atom is 0.326 e. The van der Waals surface area contributed by atoms with Gasteiger partial charge in [0, 0.05) is 46.4 Å². The van der Waals surface area contributed by atoms with Gasteiger partial charge in [-0.25, -0.2) is 4.79 Å². The first-order valence-corrected chi connectivity index (χ1v) is 14.8. The number of aliphatic carboxylic acids is 1. The maximum atomic E-state index is 13.3. The SMILES string of the molecule is CC(C)CC(NC(=O)C(CS)NC(=O)C(N)Cc1c[nH]c2ccccc12)C(=O)NC(Cc1c[nH]c2ccccc12)C(=O)O. The van der Waals surface area contributed by atoms with Crippen molar-refractivity contribution in [3.8, 4) is 0 Å². The lowest BCUT2D eigenvalue weighted by molar-refractivity contribution is -0.142. The number of thiol groups is 1. The number of benzene rings is 2. The Morgan fingerprint density at radius 3 is 1.79 bits per heavy atom. The van der Waals surface area contributed by atoms with Crippen LogP contribution in [0.15, 0.2) is 60.9 Å². The van der Waals surface area contributed by atoms with Crippen LogP contribution < -0.4 is 21.7 Å². The van der Waals surface area contributed by atoms with E-state index in [1.165, 1.54) is 0 Å². The summed E-state index contributed by atoms with van der Waals surface area (Å²) in [5, 5.41) is 19.6. The molecule has 3 amide bonds. The normalized spacial score (nSPS) is 14.3. The second-order valence-electron chi connectivity index (χ2n) is 11.1. The summed E-state index contributed by atoms with van der Waals surface area (Å²) in [6.07, 6.45) is 4.09. The van der Waals surface area contributed by atoms with E-state index in [1.54, 1.807) is 12.4 Å². The van der Waals surface area contributed by atoms with Crippen molar-refractivity contribution in [2.45, 2.75) is 57.3 Å². The van der Waals surface area contributed by atoms with Gasteiger partial charge in [-0.2, -0.15) is 12.6 Å². The highest BCUT2D eigenvalue weighted by atomic mass is 32.1. The summed E-state index contributed by atoms with van der Waals surface area (Å²) < 4.78 is 0. The number of nitrogens with one attached hydrogen (secondary N) is 5. The van der Waals surface area contributed by atoms with Crippen molar-refractivity contribution >= 4 is 58.1 Å². The van der Waals surface area contributed by atoms with Gasteiger partial charge in [0.2, 0.25) is 17.7 Å². The fourth-order valence-corrected chi connectivity index (χ4v) is 5.33. The van der Waals surface area contributed by atoms with E-state index in [-0.39, 0.29) is 30.9 Å². The minimum absolute atomic E-state index is 0.00147. The summed E-state index contributed by atoms with van der Waals surface area (Å²) in [6.45, 7) is 3.77. The number of rotatable bonds is 14. The molecule has 0 aliphatic carbocycles. The smallest absolute Gasteiger partial charge is 0.326 e. The quantitative estimate of drug-likeness (QED) is 0.102. The van der Waals surface area contributed by atoms with Crippen LogP contribution in [0.1, 0.15) is 31.4 Å². The molecule has 2 heterocycles. The Labute approximate surface area is 254 Å². The van der Waals surface area contributed by atoms with Gasteiger partial charge in [-0.15, -0.1) is 0 Å². The van der Waals surface area contributed by atoms with Gasteiger partial charge < -0.3 is 36.8 Å². The van der Waals surface area contributed by atoms with Crippen molar-refractivity contribution in [3.63, 3.8) is 0 Å². The van der Waals surface area contributed by atoms with E-state index in [2.05, 4.69) is 38.5 Å². The Balaban J connectivity index is 1.39. The number of H-pyrrole nitrogens is 2. The Morgan fingerprint density at radius 1 is 0.767 bits per heavy atom. The van der Waals surface area contributed by atoms with E-state index in [1.807, 2.05) is 62.4 Å². The topological polar surface area (TPSA) is 182 Å². The Bertz CT molecular complexity index is 1600. The summed E-state index contributed by atoms with van der Waals surface area (Å²) in [5.41, 5.74) is 9.60.